The number of hydrogen-bond donors (Lipinski definition) is 0. The molecule has 0 bridgehead atoms. The number of fused-ring (bicyclic) bond motifs is 3. The van der Waals surface area contributed by atoms with Gasteiger partial charge in [0.2, 0.25) is 5.69 Å². The Morgan fingerprint density at radius 1 is 0.923 bits per heavy atom. The SMILES string of the molecule is CCCCc1cc[n+]2c(c1)-c1ccc(C)cc1C(CC)(CC)C2(C)CC. The maximum atomic E-state index is 2.60. The molecule has 1 aromatic carbocycles. The van der Waals surface area contributed by atoms with Crippen LogP contribution in [0, 0.1) is 6.92 Å². The molecule has 1 atom stereocenters. The first-order valence-corrected chi connectivity index (χ1v) is 10.6. The lowest BCUT2D eigenvalue weighted by Crippen LogP contribution is -2.68. The van der Waals surface area contributed by atoms with Gasteiger partial charge in [0, 0.05) is 25.5 Å². The van der Waals surface area contributed by atoms with Crippen LogP contribution in [0.15, 0.2) is 36.5 Å². The van der Waals surface area contributed by atoms with Crippen LogP contribution in [0.5, 0.6) is 0 Å². The predicted octanol–water partition coefficient (Wildman–Crippen LogP) is 6.49. The van der Waals surface area contributed by atoms with Crippen molar-refractivity contribution < 1.29 is 4.57 Å². The summed E-state index contributed by atoms with van der Waals surface area (Å²) in [5.41, 5.74) is 7.58. The Morgan fingerprint density at radius 3 is 2.27 bits per heavy atom. The molecule has 1 heteroatoms. The Labute approximate surface area is 160 Å². The van der Waals surface area contributed by atoms with E-state index in [0.717, 1.165) is 6.42 Å². The highest BCUT2D eigenvalue weighted by atomic mass is 15.1. The Hall–Kier alpha value is -1.63. The highest BCUT2D eigenvalue weighted by Crippen LogP contribution is 2.51. The van der Waals surface area contributed by atoms with Crippen molar-refractivity contribution in [2.45, 2.75) is 91.0 Å². The molecule has 1 unspecified atom stereocenters. The van der Waals surface area contributed by atoms with Crippen molar-refractivity contribution in [2.75, 3.05) is 0 Å². The van der Waals surface area contributed by atoms with Crippen LogP contribution in [0.4, 0.5) is 0 Å². The van der Waals surface area contributed by atoms with Crippen LogP contribution in [0.3, 0.4) is 0 Å². The average Bonchev–Trinajstić information content (AvgIpc) is 2.67. The van der Waals surface area contributed by atoms with Crippen LogP contribution >= 0.6 is 0 Å². The van der Waals surface area contributed by atoms with Gasteiger partial charge in [-0.25, -0.2) is 0 Å². The maximum Gasteiger partial charge on any atom is 0.213 e. The fourth-order valence-corrected chi connectivity index (χ4v) is 5.42. The Bertz CT molecular complexity index is 785. The number of unbranched alkanes of at least 4 members (excludes halogenated alkanes) is 1. The Kier molecular flexibility index (Phi) is 5.28. The number of nitrogens with zero attached hydrogens (tertiary/aromatic N) is 1. The first-order valence-electron chi connectivity index (χ1n) is 10.6. The number of pyridine rings is 1. The van der Waals surface area contributed by atoms with Crippen molar-refractivity contribution in [3.05, 3.63) is 53.2 Å². The van der Waals surface area contributed by atoms with Crippen molar-refractivity contribution in [2.24, 2.45) is 0 Å². The molecule has 26 heavy (non-hydrogen) atoms. The largest absolute Gasteiger partial charge is 0.213 e. The first-order chi connectivity index (χ1) is 12.5. The molecule has 0 spiro atoms. The van der Waals surface area contributed by atoms with E-state index in [1.807, 2.05) is 0 Å². The van der Waals surface area contributed by atoms with Crippen molar-refractivity contribution in [3.8, 4) is 11.3 Å². The van der Waals surface area contributed by atoms with Crippen LogP contribution < -0.4 is 4.57 Å². The van der Waals surface area contributed by atoms with Gasteiger partial charge in [-0.15, -0.1) is 0 Å². The zero-order chi connectivity index (χ0) is 18.9. The van der Waals surface area contributed by atoms with Gasteiger partial charge < -0.3 is 0 Å². The summed E-state index contributed by atoms with van der Waals surface area (Å²) in [6, 6.07) is 12.0. The molecule has 140 valence electrons. The highest BCUT2D eigenvalue weighted by molar-refractivity contribution is 5.66. The van der Waals surface area contributed by atoms with E-state index >= 15 is 0 Å². The van der Waals surface area contributed by atoms with Gasteiger partial charge in [0.25, 0.3) is 0 Å². The standard InChI is InChI=1S/C25H36N/c1-7-11-12-20-15-16-26-23(18-20)21-14-13-19(5)17-22(21)25(9-3,10-4)24(26,6)8-2/h13-18H,7-12H2,1-6H3/q+1. The second-order valence-electron chi connectivity index (χ2n) is 8.36. The minimum absolute atomic E-state index is 0.107. The second-order valence-corrected chi connectivity index (χ2v) is 8.36. The van der Waals surface area contributed by atoms with Gasteiger partial charge in [0.1, 0.15) is 0 Å². The van der Waals surface area contributed by atoms with E-state index in [1.54, 1.807) is 5.56 Å². The van der Waals surface area contributed by atoms with Crippen molar-refractivity contribution >= 4 is 0 Å². The minimum Gasteiger partial charge on any atom is -0.192 e. The molecule has 2 aromatic rings. The van der Waals surface area contributed by atoms with Crippen LogP contribution in [0.2, 0.25) is 0 Å². The summed E-state index contributed by atoms with van der Waals surface area (Å²) >= 11 is 0. The molecule has 0 saturated carbocycles. The third-order valence-electron chi connectivity index (χ3n) is 7.26. The van der Waals surface area contributed by atoms with Crippen LogP contribution in [0.1, 0.15) is 83.4 Å². The van der Waals surface area contributed by atoms with Crippen LogP contribution in [-0.4, -0.2) is 0 Å². The van der Waals surface area contributed by atoms with Crippen molar-refractivity contribution in [1.29, 1.82) is 0 Å². The summed E-state index contributed by atoms with van der Waals surface area (Å²) in [6.45, 7) is 14.1. The lowest BCUT2D eigenvalue weighted by molar-refractivity contribution is -0.766. The number of hydrogen-bond acceptors (Lipinski definition) is 0. The van der Waals surface area contributed by atoms with E-state index in [1.165, 1.54) is 54.5 Å². The maximum absolute atomic E-state index is 2.60. The van der Waals surface area contributed by atoms with Gasteiger partial charge in [-0.1, -0.05) is 51.8 Å². The molecule has 0 radical (unpaired) electrons. The van der Waals surface area contributed by atoms with Gasteiger partial charge in [-0.3, -0.25) is 0 Å². The summed E-state index contributed by atoms with van der Waals surface area (Å²) in [5, 5.41) is 0. The summed E-state index contributed by atoms with van der Waals surface area (Å²) in [4.78, 5) is 0. The molecule has 0 fully saturated rings. The van der Waals surface area contributed by atoms with E-state index in [0.29, 0.717) is 0 Å². The topological polar surface area (TPSA) is 3.88 Å². The molecule has 1 aliphatic heterocycles. The third-order valence-corrected chi connectivity index (χ3v) is 7.26. The van der Waals surface area contributed by atoms with Gasteiger partial charge in [-0.05, 0) is 49.8 Å². The summed E-state index contributed by atoms with van der Waals surface area (Å²) in [5.74, 6) is 0. The van der Waals surface area contributed by atoms with E-state index < -0.39 is 0 Å². The van der Waals surface area contributed by atoms with Gasteiger partial charge in [0.05, 0.1) is 11.0 Å². The molecule has 1 nitrogen and oxygen atoms in total. The lowest BCUT2D eigenvalue weighted by Gasteiger charge is -2.48. The van der Waals surface area contributed by atoms with E-state index in [9.17, 15) is 0 Å². The van der Waals surface area contributed by atoms with Crippen LogP contribution in [-0.2, 0) is 17.4 Å². The molecule has 0 N–H and O–H groups in total. The van der Waals surface area contributed by atoms with Crippen molar-refractivity contribution in [3.63, 3.8) is 0 Å². The van der Waals surface area contributed by atoms with Crippen LogP contribution in [0.25, 0.3) is 11.3 Å². The number of aromatic nitrogens is 1. The zero-order valence-electron chi connectivity index (χ0n) is 17.7. The second kappa shape index (κ2) is 7.18. The lowest BCUT2D eigenvalue weighted by atomic mass is 9.58. The zero-order valence-corrected chi connectivity index (χ0v) is 17.7. The van der Waals surface area contributed by atoms with E-state index in [4.69, 9.17) is 0 Å². The fourth-order valence-electron chi connectivity index (χ4n) is 5.42. The summed E-state index contributed by atoms with van der Waals surface area (Å²) < 4.78 is 2.60. The summed E-state index contributed by atoms with van der Waals surface area (Å²) in [6.07, 6.45) is 9.58. The quantitative estimate of drug-likeness (QED) is 0.524. The predicted molar refractivity (Wildman–Crippen MR) is 112 cm³/mol. The number of aryl methyl sites for hydroxylation is 2. The molecule has 1 aromatic heterocycles. The highest BCUT2D eigenvalue weighted by Gasteiger charge is 2.57. The van der Waals surface area contributed by atoms with E-state index in [2.05, 4.69) is 82.6 Å². The molecule has 1 aliphatic rings. The minimum atomic E-state index is 0.107. The molecule has 0 aliphatic carbocycles. The Morgan fingerprint density at radius 2 is 1.65 bits per heavy atom. The Balaban J connectivity index is 2.32. The molecule has 3 rings (SSSR count). The number of benzene rings is 1. The number of rotatable bonds is 6. The molecule has 0 amide bonds. The van der Waals surface area contributed by atoms with Crippen molar-refractivity contribution in [1.82, 2.24) is 0 Å². The normalized spacial score (nSPS) is 20.5. The van der Waals surface area contributed by atoms with E-state index in [-0.39, 0.29) is 11.0 Å². The first kappa shape index (κ1) is 19.1. The fraction of sp³-hybridized carbons (Fsp3) is 0.560. The monoisotopic (exact) mass is 350 g/mol. The molecular formula is C25H36N+. The average molecular weight is 351 g/mol. The van der Waals surface area contributed by atoms with Gasteiger partial charge in [-0.2, -0.15) is 4.57 Å². The smallest absolute Gasteiger partial charge is 0.192 e. The third kappa shape index (κ3) is 2.63. The molecular weight excluding hydrogens is 314 g/mol. The van der Waals surface area contributed by atoms with Gasteiger partial charge >= 0.3 is 0 Å². The molecule has 0 saturated heterocycles. The molecule has 2 heterocycles. The summed E-state index contributed by atoms with van der Waals surface area (Å²) in [7, 11) is 0. The van der Waals surface area contributed by atoms with Gasteiger partial charge in [0.15, 0.2) is 11.7 Å².